The molecule has 0 spiro atoms. The molecule has 138 valence electrons. The number of carboxylic acid groups (broad SMARTS) is 1. The molecule has 25 heavy (non-hydrogen) atoms. The van der Waals surface area contributed by atoms with E-state index in [-0.39, 0.29) is 6.54 Å². The Balaban J connectivity index is 1.38. The van der Waals surface area contributed by atoms with Gasteiger partial charge in [-0.3, -0.25) is 9.69 Å². The van der Waals surface area contributed by atoms with Gasteiger partial charge in [-0.05, 0) is 76.1 Å². The van der Waals surface area contributed by atoms with E-state index < -0.39 is 5.97 Å². The standard InChI is InChI=1S/C21H32N2O2/c1-22(16-21(24)25)20-11-13-23(14-12-20)15-17-7-9-19(10-8-17)18-5-3-2-4-6-18/h2-6,17,19-20H,7-16H2,1H3,(H,24,25). The van der Waals surface area contributed by atoms with Gasteiger partial charge in [-0.15, -0.1) is 0 Å². The van der Waals surface area contributed by atoms with Crippen molar-refractivity contribution in [2.45, 2.75) is 50.5 Å². The highest BCUT2D eigenvalue weighted by Gasteiger charge is 2.27. The summed E-state index contributed by atoms with van der Waals surface area (Å²) in [5, 5.41) is 8.93. The molecule has 1 aromatic carbocycles. The molecule has 1 aliphatic carbocycles. The van der Waals surface area contributed by atoms with Crippen LogP contribution in [0.5, 0.6) is 0 Å². The number of carboxylic acids is 1. The van der Waals surface area contributed by atoms with Crippen molar-refractivity contribution >= 4 is 5.97 Å². The molecular formula is C21H32N2O2. The van der Waals surface area contributed by atoms with Gasteiger partial charge in [0.15, 0.2) is 0 Å². The number of rotatable bonds is 6. The maximum Gasteiger partial charge on any atom is 0.317 e. The summed E-state index contributed by atoms with van der Waals surface area (Å²) < 4.78 is 0. The molecule has 3 rings (SSSR count). The largest absolute Gasteiger partial charge is 0.480 e. The Bertz CT molecular complexity index is 532. The Kier molecular flexibility index (Phi) is 6.49. The van der Waals surface area contributed by atoms with Crippen molar-refractivity contribution in [1.82, 2.24) is 9.80 Å². The average Bonchev–Trinajstić information content (AvgIpc) is 2.63. The number of likely N-dealkylation sites (tertiary alicyclic amines) is 1. The fourth-order valence-corrected chi connectivity index (χ4v) is 4.65. The van der Waals surface area contributed by atoms with Crippen molar-refractivity contribution in [3.63, 3.8) is 0 Å². The predicted molar refractivity (Wildman–Crippen MR) is 101 cm³/mol. The number of nitrogens with zero attached hydrogens (tertiary/aromatic N) is 2. The van der Waals surface area contributed by atoms with Crippen LogP contribution in [0, 0.1) is 5.92 Å². The Morgan fingerprint density at radius 2 is 1.72 bits per heavy atom. The van der Waals surface area contributed by atoms with Crippen molar-refractivity contribution in [1.29, 1.82) is 0 Å². The fourth-order valence-electron chi connectivity index (χ4n) is 4.65. The Labute approximate surface area is 151 Å². The normalized spacial score (nSPS) is 26.0. The molecule has 4 heteroatoms. The highest BCUT2D eigenvalue weighted by Crippen LogP contribution is 2.36. The van der Waals surface area contributed by atoms with E-state index in [9.17, 15) is 4.79 Å². The number of hydrogen-bond acceptors (Lipinski definition) is 3. The van der Waals surface area contributed by atoms with E-state index >= 15 is 0 Å². The maximum absolute atomic E-state index is 10.9. The average molecular weight is 344 g/mol. The quantitative estimate of drug-likeness (QED) is 0.858. The smallest absolute Gasteiger partial charge is 0.317 e. The first kappa shape index (κ1) is 18.4. The van der Waals surface area contributed by atoms with Crippen LogP contribution in [-0.4, -0.2) is 60.1 Å². The van der Waals surface area contributed by atoms with Crippen molar-refractivity contribution in [3.05, 3.63) is 35.9 Å². The lowest BCUT2D eigenvalue weighted by Gasteiger charge is -2.39. The van der Waals surface area contributed by atoms with Crippen molar-refractivity contribution in [3.8, 4) is 0 Å². The van der Waals surface area contributed by atoms with E-state index in [1.54, 1.807) is 0 Å². The molecule has 1 aromatic rings. The van der Waals surface area contributed by atoms with Crippen LogP contribution in [-0.2, 0) is 4.79 Å². The molecule has 1 N–H and O–H groups in total. The zero-order valence-electron chi connectivity index (χ0n) is 15.4. The van der Waals surface area contributed by atoms with E-state index in [4.69, 9.17) is 5.11 Å². The van der Waals surface area contributed by atoms with E-state index in [0.717, 1.165) is 37.8 Å². The van der Waals surface area contributed by atoms with Crippen molar-refractivity contribution in [2.75, 3.05) is 33.2 Å². The third kappa shape index (κ3) is 5.29. The lowest BCUT2D eigenvalue weighted by Crippen LogP contribution is -2.46. The molecule has 1 saturated heterocycles. The molecule has 0 atom stereocenters. The second-order valence-corrected chi connectivity index (χ2v) is 7.97. The Hall–Kier alpha value is -1.39. The van der Waals surface area contributed by atoms with Gasteiger partial charge < -0.3 is 10.0 Å². The molecule has 4 nitrogen and oxygen atoms in total. The summed E-state index contributed by atoms with van der Waals surface area (Å²) >= 11 is 0. The zero-order valence-corrected chi connectivity index (χ0v) is 15.4. The second kappa shape index (κ2) is 8.81. The summed E-state index contributed by atoms with van der Waals surface area (Å²) in [5.74, 6) is 0.876. The van der Waals surface area contributed by atoms with Crippen molar-refractivity contribution in [2.24, 2.45) is 5.92 Å². The number of benzene rings is 1. The van der Waals surface area contributed by atoms with Gasteiger partial charge in [0.05, 0.1) is 6.54 Å². The topological polar surface area (TPSA) is 43.8 Å². The number of hydrogen-bond donors (Lipinski definition) is 1. The number of piperidine rings is 1. The molecule has 0 radical (unpaired) electrons. The molecule has 0 amide bonds. The molecule has 2 fully saturated rings. The van der Waals surface area contributed by atoms with Gasteiger partial charge in [-0.2, -0.15) is 0 Å². The summed E-state index contributed by atoms with van der Waals surface area (Å²) in [6, 6.07) is 11.4. The fraction of sp³-hybridized carbons (Fsp3) is 0.667. The van der Waals surface area contributed by atoms with E-state index in [0.29, 0.717) is 6.04 Å². The molecule has 0 bridgehead atoms. The van der Waals surface area contributed by atoms with Crippen LogP contribution in [0.4, 0.5) is 0 Å². The van der Waals surface area contributed by atoms with E-state index in [1.807, 2.05) is 11.9 Å². The highest BCUT2D eigenvalue weighted by molar-refractivity contribution is 5.69. The van der Waals surface area contributed by atoms with Gasteiger partial charge in [-0.1, -0.05) is 30.3 Å². The molecule has 1 saturated carbocycles. The number of carbonyl (C=O) groups is 1. The SMILES string of the molecule is CN(CC(=O)O)C1CCN(CC2CCC(c3ccccc3)CC2)CC1. The summed E-state index contributed by atoms with van der Waals surface area (Å²) in [7, 11) is 1.94. The monoisotopic (exact) mass is 344 g/mol. The van der Waals surface area contributed by atoms with Crippen LogP contribution >= 0.6 is 0 Å². The molecule has 1 heterocycles. The van der Waals surface area contributed by atoms with Gasteiger partial charge in [0.1, 0.15) is 0 Å². The summed E-state index contributed by atoms with van der Waals surface area (Å²) in [6.07, 6.45) is 7.54. The minimum Gasteiger partial charge on any atom is -0.480 e. The number of aliphatic carboxylic acids is 1. The molecule has 2 aliphatic rings. The molecule has 1 aliphatic heterocycles. The van der Waals surface area contributed by atoms with Crippen LogP contribution in [0.1, 0.15) is 50.0 Å². The van der Waals surface area contributed by atoms with Gasteiger partial charge in [0.25, 0.3) is 0 Å². The molecule has 0 aromatic heterocycles. The van der Waals surface area contributed by atoms with Gasteiger partial charge >= 0.3 is 5.97 Å². The van der Waals surface area contributed by atoms with Crippen LogP contribution in [0.3, 0.4) is 0 Å². The zero-order chi connectivity index (χ0) is 17.6. The third-order valence-corrected chi connectivity index (χ3v) is 6.20. The van der Waals surface area contributed by atoms with E-state index in [1.165, 1.54) is 37.8 Å². The first-order chi connectivity index (χ1) is 12.1. The Morgan fingerprint density at radius 1 is 1.08 bits per heavy atom. The first-order valence-electron chi connectivity index (χ1n) is 9.81. The second-order valence-electron chi connectivity index (χ2n) is 7.97. The van der Waals surface area contributed by atoms with Crippen LogP contribution in [0.25, 0.3) is 0 Å². The molecule has 0 unspecified atom stereocenters. The summed E-state index contributed by atoms with van der Waals surface area (Å²) in [6.45, 7) is 3.63. The maximum atomic E-state index is 10.9. The molecular weight excluding hydrogens is 312 g/mol. The third-order valence-electron chi connectivity index (χ3n) is 6.20. The summed E-state index contributed by atoms with van der Waals surface area (Å²) in [4.78, 5) is 15.5. The van der Waals surface area contributed by atoms with Crippen LogP contribution in [0.2, 0.25) is 0 Å². The van der Waals surface area contributed by atoms with Gasteiger partial charge in [-0.25, -0.2) is 0 Å². The Morgan fingerprint density at radius 3 is 2.32 bits per heavy atom. The predicted octanol–water partition coefficient (Wildman–Crippen LogP) is 3.44. The highest BCUT2D eigenvalue weighted by atomic mass is 16.4. The van der Waals surface area contributed by atoms with Gasteiger partial charge in [0, 0.05) is 12.6 Å². The minimum atomic E-state index is -0.722. The first-order valence-corrected chi connectivity index (χ1v) is 9.81. The minimum absolute atomic E-state index is 0.161. The lowest BCUT2D eigenvalue weighted by molar-refractivity contribution is -0.138. The van der Waals surface area contributed by atoms with Crippen LogP contribution in [0.15, 0.2) is 30.3 Å². The van der Waals surface area contributed by atoms with Gasteiger partial charge in [0.2, 0.25) is 0 Å². The van der Waals surface area contributed by atoms with Crippen molar-refractivity contribution < 1.29 is 9.90 Å². The van der Waals surface area contributed by atoms with E-state index in [2.05, 4.69) is 35.2 Å². The lowest BCUT2D eigenvalue weighted by atomic mass is 9.78. The number of likely N-dealkylation sites (N-methyl/N-ethyl adjacent to an activating group) is 1. The summed E-state index contributed by atoms with van der Waals surface area (Å²) in [5.41, 5.74) is 1.52. The van der Waals surface area contributed by atoms with Crippen LogP contribution < -0.4 is 0 Å².